The fourth-order valence-corrected chi connectivity index (χ4v) is 5.24. The summed E-state index contributed by atoms with van der Waals surface area (Å²) in [7, 11) is 1.59. The largest absolute Gasteiger partial charge is 0.497 e. The fourth-order valence-electron chi connectivity index (χ4n) is 5.03. The van der Waals surface area contributed by atoms with Gasteiger partial charge in [0, 0.05) is 49.7 Å². The van der Waals surface area contributed by atoms with Crippen molar-refractivity contribution in [1.29, 1.82) is 0 Å². The number of benzene rings is 4. The lowest BCUT2D eigenvalue weighted by Crippen LogP contribution is -2.48. The van der Waals surface area contributed by atoms with Crippen molar-refractivity contribution in [3.8, 4) is 5.75 Å². The Hall–Kier alpha value is -4.89. The van der Waals surface area contributed by atoms with Gasteiger partial charge in [0.1, 0.15) is 18.1 Å². The minimum absolute atomic E-state index is 0.00754. The molecule has 0 saturated carbocycles. The molecule has 1 saturated heterocycles. The number of carbonyl (C=O) groups is 3. The third-order valence-electron chi connectivity index (χ3n) is 7.43. The van der Waals surface area contributed by atoms with Gasteiger partial charge in [-0.25, -0.2) is 4.39 Å². The summed E-state index contributed by atoms with van der Waals surface area (Å²) >= 11 is 6.27. The summed E-state index contributed by atoms with van der Waals surface area (Å²) in [6.07, 6.45) is 0. The first kappa shape index (κ1) is 30.6. The average molecular weight is 615 g/mol. The van der Waals surface area contributed by atoms with Gasteiger partial charge < -0.3 is 24.8 Å². The summed E-state index contributed by atoms with van der Waals surface area (Å²) in [6.45, 7) is 2.41. The van der Waals surface area contributed by atoms with Crippen molar-refractivity contribution in [1.82, 2.24) is 9.80 Å². The Kier molecular flexibility index (Phi) is 9.76. The number of rotatable bonds is 9. The van der Waals surface area contributed by atoms with Crippen LogP contribution in [0.1, 0.15) is 26.3 Å². The van der Waals surface area contributed by atoms with Gasteiger partial charge in [0.2, 0.25) is 5.91 Å². The first-order valence-corrected chi connectivity index (χ1v) is 14.5. The van der Waals surface area contributed by atoms with Crippen LogP contribution in [0.15, 0.2) is 97.1 Å². The van der Waals surface area contributed by atoms with Crippen molar-refractivity contribution in [3.63, 3.8) is 0 Å². The van der Waals surface area contributed by atoms with Gasteiger partial charge >= 0.3 is 0 Å². The van der Waals surface area contributed by atoms with Gasteiger partial charge in [-0.3, -0.25) is 14.4 Å². The summed E-state index contributed by atoms with van der Waals surface area (Å²) in [5.74, 6) is -0.477. The zero-order chi connectivity index (χ0) is 31.1. The molecule has 44 heavy (non-hydrogen) atoms. The third-order valence-corrected chi connectivity index (χ3v) is 7.76. The molecule has 0 radical (unpaired) electrons. The highest BCUT2D eigenvalue weighted by Gasteiger charge is 2.24. The number of halogens is 2. The van der Waals surface area contributed by atoms with E-state index in [1.54, 1.807) is 67.8 Å². The molecule has 1 aliphatic rings. The van der Waals surface area contributed by atoms with E-state index in [-0.39, 0.29) is 41.3 Å². The molecule has 4 aromatic carbocycles. The maximum atomic E-state index is 13.5. The second kappa shape index (κ2) is 14.1. The van der Waals surface area contributed by atoms with Gasteiger partial charge in [-0.2, -0.15) is 0 Å². The van der Waals surface area contributed by atoms with Crippen LogP contribution in [0.3, 0.4) is 0 Å². The molecule has 0 bridgehead atoms. The highest BCUT2D eigenvalue weighted by atomic mass is 35.5. The van der Waals surface area contributed by atoms with Crippen LogP contribution in [-0.2, 0) is 11.3 Å². The normalized spacial score (nSPS) is 12.9. The Morgan fingerprint density at radius 1 is 0.864 bits per heavy atom. The van der Waals surface area contributed by atoms with E-state index in [1.807, 2.05) is 29.2 Å². The van der Waals surface area contributed by atoms with Crippen LogP contribution >= 0.6 is 11.6 Å². The smallest absolute Gasteiger partial charge is 0.256 e. The lowest BCUT2D eigenvalue weighted by Gasteiger charge is -2.36. The molecule has 1 N–H and O–H groups in total. The van der Waals surface area contributed by atoms with Crippen molar-refractivity contribution in [3.05, 3.63) is 125 Å². The lowest BCUT2D eigenvalue weighted by molar-refractivity contribution is -0.117. The van der Waals surface area contributed by atoms with E-state index in [2.05, 4.69) is 10.2 Å². The third kappa shape index (κ3) is 7.54. The van der Waals surface area contributed by atoms with E-state index in [0.29, 0.717) is 48.7 Å². The van der Waals surface area contributed by atoms with Crippen LogP contribution in [0.5, 0.6) is 5.75 Å². The van der Waals surface area contributed by atoms with E-state index in [4.69, 9.17) is 16.3 Å². The summed E-state index contributed by atoms with van der Waals surface area (Å²) in [5.41, 5.74) is 3.14. The minimum Gasteiger partial charge on any atom is -0.497 e. The Balaban J connectivity index is 1.18. The number of anilines is 2. The van der Waals surface area contributed by atoms with Crippen LogP contribution in [0, 0.1) is 5.82 Å². The molecule has 1 heterocycles. The number of carbonyl (C=O) groups excluding carboxylic acids is 3. The van der Waals surface area contributed by atoms with E-state index >= 15 is 0 Å². The maximum absolute atomic E-state index is 13.5. The molecular formula is C34H32ClFN4O4. The first-order chi connectivity index (χ1) is 21.3. The zero-order valence-electron chi connectivity index (χ0n) is 24.2. The molecule has 0 aromatic heterocycles. The molecule has 0 aliphatic carbocycles. The van der Waals surface area contributed by atoms with Gasteiger partial charge in [0.05, 0.1) is 17.7 Å². The van der Waals surface area contributed by atoms with Gasteiger partial charge in [-0.05, 0) is 78.4 Å². The van der Waals surface area contributed by atoms with Crippen molar-refractivity contribution < 1.29 is 23.5 Å². The molecule has 10 heteroatoms. The van der Waals surface area contributed by atoms with E-state index in [1.165, 1.54) is 17.0 Å². The molecule has 1 aliphatic heterocycles. The van der Waals surface area contributed by atoms with Crippen molar-refractivity contribution in [2.24, 2.45) is 0 Å². The fraction of sp³-hybridized carbons (Fsp3) is 0.206. The number of piperazine rings is 1. The summed E-state index contributed by atoms with van der Waals surface area (Å²) in [4.78, 5) is 44.8. The number of nitrogens with one attached hydrogen (secondary N) is 1. The maximum Gasteiger partial charge on any atom is 0.256 e. The highest BCUT2D eigenvalue weighted by Crippen LogP contribution is 2.22. The highest BCUT2D eigenvalue weighted by molar-refractivity contribution is 6.33. The SMILES string of the molecule is COc1ccc(C(=O)N2CCN(c3ccc(NC(=O)CN(Cc4ccc(F)cc4)C(=O)c4ccccc4Cl)cc3)CC2)cc1. The van der Waals surface area contributed by atoms with Crippen LogP contribution in [0.25, 0.3) is 0 Å². The van der Waals surface area contributed by atoms with Crippen LogP contribution in [-0.4, -0.2) is 67.4 Å². The zero-order valence-corrected chi connectivity index (χ0v) is 25.0. The van der Waals surface area contributed by atoms with Crippen molar-refractivity contribution in [2.75, 3.05) is 50.1 Å². The molecule has 1 fully saturated rings. The van der Waals surface area contributed by atoms with E-state index in [9.17, 15) is 18.8 Å². The lowest BCUT2D eigenvalue weighted by atomic mass is 10.1. The van der Waals surface area contributed by atoms with Crippen LogP contribution in [0.2, 0.25) is 5.02 Å². The molecule has 0 unspecified atom stereocenters. The number of ether oxygens (including phenoxy) is 1. The van der Waals surface area contributed by atoms with Crippen LogP contribution in [0.4, 0.5) is 15.8 Å². The molecule has 3 amide bonds. The van der Waals surface area contributed by atoms with Crippen LogP contribution < -0.4 is 15.0 Å². The molecule has 4 aromatic rings. The Morgan fingerprint density at radius 3 is 2.16 bits per heavy atom. The summed E-state index contributed by atoms with van der Waals surface area (Å²) < 4.78 is 18.6. The van der Waals surface area contributed by atoms with Crippen molar-refractivity contribution >= 4 is 40.7 Å². The molecular weight excluding hydrogens is 583 g/mol. The number of methoxy groups -OCH3 is 1. The van der Waals surface area contributed by atoms with Crippen molar-refractivity contribution in [2.45, 2.75) is 6.54 Å². The Bertz CT molecular complexity index is 1610. The van der Waals surface area contributed by atoms with Gasteiger partial charge in [-0.1, -0.05) is 35.9 Å². The molecule has 226 valence electrons. The summed E-state index contributed by atoms with van der Waals surface area (Å²) in [5, 5.41) is 3.14. The van der Waals surface area contributed by atoms with Gasteiger partial charge in [0.15, 0.2) is 0 Å². The number of hydrogen-bond acceptors (Lipinski definition) is 5. The predicted octanol–water partition coefficient (Wildman–Crippen LogP) is 5.73. The quantitative estimate of drug-likeness (QED) is 0.260. The average Bonchev–Trinajstić information content (AvgIpc) is 3.05. The molecule has 0 spiro atoms. The van der Waals surface area contributed by atoms with Gasteiger partial charge in [-0.15, -0.1) is 0 Å². The molecule has 8 nitrogen and oxygen atoms in total. The number of hydrogen-bond donors (Lipinski definition) is 1. The summed E-state index contributed by atoms with van der Waals surface area (Å²) in [6, 6.07) is 27.0. The monoisotopic (exact) mass is 614 g/mol. The van der Waals surface area contributed by atoms with E-state index < -0.39 is 5.91 Å². The number of amides is 3. The predicted molar refractivity (Wildman–Crippen MR) is 169 cm³/mol. The Labute approximate surface area is 260 Å². The Morgan fingerprint density at radius 2 is 1.52 bits per heavy atom. The first-order valence-electron chi connectivity index (χ1n) is 14.2. The number of nitrogens with zero attached hydrogens (tertiary/aromatic N) is 3. The molecule has 5 rings (SSSR count). The standard InChI is InChI=1S/C34H32ClFN4O4/c1-44-29-16-8-25(9-17-29)33(42)39-20-18-38(19-21-39)28-14-12-27(13-15-28)37-32(41)23-40(22-24-6-10-26(36)11-7-24)34(43)30-4-2-3-5-31(30)35/h2-17H,18-23H2,1H3,(H,37,41). The second-order valence-corrected chi connectivity index (χ2v) is 10.8. The van der Waals surface area contributed by atoms with E-state index in [0.717, 1.165) is 5.69 Å². The second-order valence-electron chi connectivity index (χ2n) is 10.4. The topological polar surface area (TPSA) is 82.2 Å². The minimum atomic E-state index is -0.407. The van der Waals surface area contributed by atoms with Gasteiger partial charge in [0.25, 0.3) is 11.8 Å². The molecule has 0 atom stereocenters.